The predicted octanol–water partition coefficient (Wildman–Crippen LogP) is 3.66. The maximum atomic E-state index is 11.9. The summed E-state index contributed by atoms with van der Waals surface area (Å²) in [5.41, 5.74) is 2.10. The molecule has 2 aliphatic heterocycles. The summed E-state index contributed by atoms with van der Waals surface area (Å²) in [6.07, 6.45) is 4.39. The lowest BCUT2D eigenvalue weighted by Crippen LogP contribution is -2.41. The van der Waals surface area contributed by atoms with Crippen LogP contribution in [-0.4, -0.2) is 42.8 Å². The number of nitrogens with zero attached hydrogens (tertiary/aromatic N) is 2. The van der Waals surface area contributed by atoms with E-state index in [1.165, 1.54) is 17.8 Å². The lowest BCUT2D eigenvalue weighted by molar-refractivity contribution is -0.658. The molecule has 0 aliphatic carbocycles. The molecule has 2 heterocycles. The first-order chi connectivity index (χ1) is 13.6. The Morgan fingerprint density at radius 1 is 0.964 bits per heavy atom. The van der Waals surface area contributed by atoms with Crippen LogP contribution in [0.2, 0.25) is 0 Å². The van der Waals surface area contributed by atoms with Gasteiger partial charge in [-0.2, -0.15) is 0 Å². The number of benzene rings is 2. The second-order valence-corrected chi connectivity index (χ2v) is 7.69. The van der Waals surface area contributed by atoms with Gasteiger partial charge in [-0.3, -0.25) is 0 Å². The van der Waals surface area contributed by atoms with Gasteiger partial charge in [0.2, 0.25) is 0 Å². The Morgan fingerprint density at radius 3 is 2.43 bits per heavy atom. The summed E-state index contributed by atoms with van der Waals surface area (Å²) < 4.78 is 13.1. The van der Waals surface area contributed by atoms with Crippen molar-refractivity contribution in [3.05, 3.63) is 53.6 Å². The van der Waals surface area contributed by atoms with E-state index in [0.717, 1.165) is 37.1 Å². The van der Waals surface area contributed by atoms with Crippen molar-refractivity contribution >= 4 is 11.5 Å². The summed E-state index contributed by atoms with van der Waals surface area (Å²) in [7, 11) is 3.25. The van der Waals surface area contributed by atoms with Gasteiger partial charge in [-0.15, -0.1) is 0 Å². The van der Waals surface area contributed by atoms with Gasteiger partial charge in [-0.25, -0.2) is 9.48 Å². The lowest BCUT2D eigenvalue weighted by Gasteiger charge is -2.24. The molecule has 0 saturated heterocycles. The Balaban J connectivity index is 1.80. The highest BCUT2D eigenvalue weighted by molar-refractivity contribution is 5.95. The zero-order valence-electron chi connectivity index (χ0n) is 16.9. The van der Waals surface area contributed by atoms with E-state index in [2.05, 4.69) is 40.7 Å². The summed E-state index contributed by atoms with van der Waals surface area (Å²) >= 11 is 0. The number of anilines is 1. The molecule has 0 saturated carbocycles. The van der Waals surface area contributed by atoms with Crippen LogP contribution in [0.15, 0.2) is 42.5 Å². The van der Waals surface area contributed by atoms with Gasteiger partial charge in [0, 0.05) is 12.0 Å². The average molecular weight is 381 g/mol. The summed E-state index contributed by atoms with van der Waals surface area (Å²) in [5.74, 6) is 2.51. The van der Waals surface area contributed by atoms with Crippen LogP contribution in [0.1, 0.15) is 36.8 Å². The average Bonchev–Trinajstić information content (AvgIpc) is 2.87. The van der Waals surface area contributed by atoms with Gasteiger partial charge in [-0.05, 0) is 56.5 Å². The van der Waals surface area contributed by atoms with Gasteiger partial charge < -0.3 is 14.6 Å². The molecule has 4 rings (SSSR count). The van der Waals surface area contributed by atoms with Gasteiger partial charge in [0.15, 0.2) is 18.0 Å². The van der Waals surface area contributed by atoms with Gasteiger partial charge in [0.25, 0.3) is 11.6 Å². The molecule has 0 amide bonds. The van der Waals surface area contributed by atoms with E-state index in [1.54, 1.807) is 14.2 Å². The highest BCUT2D eigenvalue weighted by Gasteiger charge is 2.52. The molecule has 5 nitrogen and oxygen atoms in total. The maximum absolute atomic E-state index is 11.9. The minimum Gasteiger partial charge on any atom is -0.493 e. The first-order valence-electron chi connectivity index (χ1n) is 9.99. The molecule has 1 N–H and O–H groups in total. The van der Waals surface area contributed by atoms with Crippen LogP contribution in [0.4, 0.5) is 5.69 Å². The molecular formula is C23H29N2O3+. The minimum atomic E-state index is -1.09. The van der Waals surface area contributed by atoms with Gasteiger partial charge >= 0.3 is 0 Å². The fourth-order valence-corrected chi connectivity index (χ4v) is 4.37. The Hall–Kier alpha value is -2.53. The summed E-state index contributed by atoms with van der Waals surface area (Å²) in [4.78, 5) is 2.28. The normalized spacial score (nSPS) is 22.1. The molecule has 0 fully saturated rings. The van der Waals surface area contributed by atoms with Crippen LogP contribution in [0.3, 0.4) is 0 Å². The fraction of sp³-hybridized carbons (Fsp3) is 0.435. The lowest BCUT2D eigenvalue weighted by atomic mass is 10.0. The molecule has 2 aliphatic rings. The number of methoxy groups -OCH3 is 2. The molecule has 0 bridgehead atoms. The van der Waals surface area contributed by atoms with Crippen molar-refractivity contribution in [1.29, 1.82) is 0 Å². The first-order valence-corrected chi connectivity index (χ1v) is 9.99. The van der Waals surface area contributed by atoms with E-state index in [0.29, 0.717) is 18.0 Å². The largest absolute Gasteiger partial charge is 0.493 e. The zero-order chi connectivity index (χ0) is 19.7. The van der Waals surface area contributed by atoms with Gasteiger partial charge in [0.05, 0.1) is 20.8 Å². The Morgan fingerprint density at radius 2 is 1.71 bits per heavy atom. The van der Waals surface area contributed by atoms with Crippen molar-refractivity contribution in [3.8, 4) is 11.5 Å². The van der Waals surface area contributed by atoms with Crippen molar-refractivity contribution < 1.29 is 19.2 Å². The van der Waals surface area contributed by atoms with Crippen molar-refractivity contribution in [3.63, 3.8) is 0 Å². The molecule has 5 heteroatoms. The van der Waals surface area contributed by atoms with Gasteiger partial charge in [-0.1, -0.05) is 17.7 Å². The first kappa shape index (κ1) is 18.8. The monoisotopic (exact) mass is 381 g/mol. The third-order valence-electron chi connectivity index (χ3n) is 5.92. The third-order valence-corrected chi connectivity index (χ3v) is 5.92. The zero-order valence-corrected chi connectivity index (χ0v) is 16.9. The van der Waals surface area contributed by atoms with E-state index < -0.39 is 5.72 Å². The van der Waals surface area contributed by atoms with Crippen LogP contribution in [-0.2, 0) is 5.72 Å². The Kier molecular flexibility index (Phi) is 5.02. The fourth-order valence-electron chi connectivity index (χ4n) is 4.37. The molecule has 2 aromatic carbocycles. The molecule has 2 aromatic rings. The number of aliphatic hydroxyl groups is 1. The Bertz CT molecular complexity index is 891. The topological polar surface area (TPSA) is 44.9 Å². The molecule has 148 valence electrons. The summed E-state index contributed by atoms with van der Waals surface area (Å²) in [6.45, 7) is 3.45. The number of hydrogen-bond acceptors (Lipinski definition) is 4. The predicted molar refractivity (Wildman–Crippen MR) is 111 cm³/mol. The quantitative estimate of drug-likeness (QED) is 0.821. The minimum absolute atomic E-state index is 0.501. The van der Waals surface area contributed by atoms with Crippen molar-refractivity contribution in [1.82, 2.24) is 0 Å². The number of β-amino-alcohol motifs (C(OH)–C–C–N with tert-alkyl or cyclic N) is 1. The SMILES string of the molecule is COc1ccc([C@@]2(O)CN(c3ccc(C)cc3)C3=[N+]2CCCCC3)cc1OC. The molecule has 0 spiro atoms. The van der Waals surface area contributed by atoms with E-state index in [9.17, 15) is 5.11 Å². The maximum Gasteiger partial charge on any atom is 0.271 e. The van der Waals surface area contributed by atoms with Crippen LogP contribution in [0, 0.1) is 6.92 Å². The molecule has 1 atom stereocenters. The van der Waals surface area contributed by atoms with Crippen LogP contribution >= 0.6 is 0 Å². The molecule has 0 aromatic heterocycles. The van der Waals surface area contributed by atoms with Crippen molar-refractivity contribution in [2.75, 3.05) is 32.2 Å². The van der Waals surface area contributed by atoms with E-state index in [4.69, 9.17) is 9.47 Å². The number of amidine groups is 1. The molecule has 0 unspecified atom stereocenters. The number of aryl methyl sites for hydroxylation is 1. The number of hydrogen-bond donors (Lipinski definition) is 1. The second kappa shape index (κ2) is 7.47. The summed E-state index contributed by atoms with van der Waals surface area (Å²) in [6, 6.07) is 14.3. The standard InChI is InChI=1S/C23H29N2O3/c1-17-8-11-19(12-9-17)24-16-23(26,25-14-6-4-5-7-22(24)25)18-10-13-20(27-2)21(15-18)28-3/h8-13,15,26H,4-7,14,16H2,1-3H3/q+1/t23-/m0/s1. The highest BCUT2D eigenvalue weighted by Crippen LogP contribution is 2.38. The van der Waals surface area contributed by atoms with Gasteiger partial charge in [0.1, 0.15) is 5.69 Å². The smallest absolute Gasteiger partial charge is 0.271 e. The van der Waals surface area contributed by atoms with Crippen LogP contribution in [0.25, 0.3) is 0 Å². The van der Waals surface area contributed by atoms with Crippen molar-refractivity contribution in [2.45, 2.75) is 38.3 Å². The second-order valence-electron chi connectivity index (χ2n) is 7.69. The van der Waals surface area contributed by atoms with Crippen LogP contribution in [0.5, 0.6) is 11.5 Å². The van der Waals surface area contributed by atoms with E-state index >= 15 is 0 Å². The number of rotatable bonds is 4. The highest BCUT2D eigenvalue weighted by atomic mass is 16.5. The van der Waals surface area contributed by atoms with Crippen LogP contribution < -0.4 is 14.4 Å². The third kappa shape index (κ3) is 3.14. The Labute approximate surface area is 166 Å². The molecule has 0 radical (unpaired) electrons. The van der Waals surface area contributed by atoms with Crippen molar-refractivity contribution in [2.24, 2.45) is 0 Å². The number of ether oxygens (including phenoxy) is 2. The van der Waals surface area contributed by atoms with E-state index in [-0.39, 0.29) is 0 Å². The summed E-state index contributed by atoms with van der Waals surface area (Å²) in [5, 5.41) is 11.9. The van der Waals surface area contributed by atoms with E-state index in [1.807, 2.05) is 18.2 Å². The molecular weight excluding hydrogens is 352 g/mol. The molecule has 28 heavy (non-hydrogen) atoms.